The van der Waals surface area contributed by atoms with Gasteiger partial charge in [-0.25, -0.2) is 0 Å². The van der Waals surface area contributed by atoms with Crippen LogP contribution in [0.1, 0.15) is 62.3 Å². The largest absolute Gasteiger partial charge is 0.355 e. The second-order valence-corrected chi connectivity index (χ2v) is 7.94. The molecule has 0 saturated heterocycles. The van der Waals surface area contributed by atoms with E-state index in [1.807, 2.05) is 0 Å². The van der Waals surface area contributed by atoms with Crippen LogP contribution in [-0.2, 0) is 6.42 Å². The third-order valence-corrected chi connectivity index (χ3v) is 6.17. The first-order valence-electron chi connectivity index (χ1n) is 10.7. The number of fused-ring (bicyclic) bond motifs is 1. The van der Waals surface area contributed by atoms with E-state index in [1.165, 1.54) is 50.2 Å². The highest BCUT2D eigenvalue weighted by Crippen LogP contribution is 2.45. The minimum absolute atomic E-state index is 0.423. The van der Waals surface area contributed by atoms with Crippen LogP contribution in [0.4, 0.5) is 5.69 Å². The number of benzene rings is 2. The zero-order chi connectivity index (χ0) is 21.1. The average molecular weight is 387 g/mol. The fourth-order valence-electron chi connectivity index (χ4n) is 4.36. The van der Waals surface area contributed by atoms with Gasteiger partial charge in [0.05, 0.1) is 0 Å². The molecule has 1 atom stereocenters. The van der Waals surface area contributed by atoms with Crippen LogP contribution in [0.25, 0.3) is 16.7 Å². The van der Waals surface area contributed by atoms with Gasteiger partial charge >= 0.3 is 0 Å². The summed E-state index contributed by atoms with van der Waals surface area (Å²) in [6.45, 7) is 15.8. The summed E-state index contributed by atoms with van der Waals surface area (Å²) in [7, 11) is 0. The van der Waals surface area contributed by atoms with E-state index in [4.69, 9.17) is 5.73 Å². The normalized spacial score (nSPS) is 14.9. The topological polar surface area (TPSA) is 38.0 Å². The second-order valence-electron chi connectivity index (χ2n) is 7.94. The zero-order valence-electron chi connectivity index (χ0n) is 18.5. The molecule has 0 aromatic heterocycles. The molecule has 2 aromatic carbocycles. The van der Waals surface area contributed by atoms with Crippen molar-refractivity contribution in [2.24, 2.45) is 5.73 Å². The molecule has 0 unspecified atom stereocenters. The van der Waals surface area contributed by atoms with E-state index in [1.54, 1.807) is 0 Å². The van der Waals surface area contributed by atoms with Crippen LogP contribution in [-0.4, -0.2) is 6.54 Å². The van der Waals surface area contributed by atoms with Gasteiger partial charge in [-0.3, -0.25) is 0 Å². The summed E-state index contributed by atoms with van der Waals surface area (Å²) in [6, 6.07) is 11.4. The maximum atomic E-state index is 5.97. The Morgan fingerprint density at radius 2 is 1.79 bits per heavy atom. The third kappa shape index (κ3) is 3.82. The van der Waals surface area contributed by atoms with Crippen LogP contribution in [0.2, 0.25) is 0 Å². The Bertz CT molecular complexity index is 971. The minimum Gasteiger partial charge on any atom is -0.355 e. The molecule has 1 aliphatic rings. The summed E-state index contributed by atoms with van der Waals surface area (Å²) in [5.74, 6) is 0.423. The van der Waals surface area contributed by atoms with Crippen LogP contribution >= 0.6 is 0 Å². The summed E-state index contributed by atoms with van der Waals surface area (Å²) in [5.41, 5.74) is 18.4. The highest BCUT2D eigenvalue weighted by Gasteiger charge is 2.25. The Labute approximate surface area is 176 Å². The van der Waals surface area contributed by atoms with E-state index in [9.17, 15) is 0 Å². The average Bonchev–Trinajstić information content (AvgIpc) is 2.73. The maximum absolute atomic E-state index is 5.97. The molecule has 152 valence electrons. The van der Waals surface area contributed by atoms with Gasteiger partial charge in [-0.1, -0.05) is 62.9 Å². The van der Waals surface area contributed by atoms with Crippen molar-refractivity contribution < 1.29 is 0 Å². The number of rotatable bonds is 6. The van der Waals surface area contributed by atoms with Gasteiger partial charge in [0, 0.05) is 16.9 Å². The number of nitrogens with one attached hydrogen (secondary N) is 1. The Morgan fingerprint density at radius 1 is 1.10 bits per heavy atom. The Morgan fingerprint density at radius 3 is 2.34 bits per heavy atom. The monoisotopic (exact) mass is 386 g/mol. The van der Waals surface area contributed by atoms with Gasteiger partial charge in [-0.05, 0) is 85.0 Å². The van der Waals surface area contributed by atoms with Gasteiger partial charge in [0.15, 0.2) is 0 Å². The number of allylic oxidation sites excluding steroid dienone is 4. The first kappa shape index (κ1) is 21.1. The number of aryl methyl sites for hydroxylation is 2. The Balaban J connectivity index is 2.28. The molecule has 0 bridgehead atoms. The molecular weight excluding hydrogens is 352 g/mol. The van der Waals surface area contributed by atoms with Crippen LogP contribution in [0, 0.1) is 6.92 Å². The van der Waals surface area contributed by atoms with E-state index in [2.05, 4.69) is 89.0 Å². The summed E-state index contributed by atoms with van der Waals surface area (Å²) in [6.07, 6.45) is 6.40. The second kappa shape index (κ2) is 8.84. The van der Waals surface area contributed by atoms with Gasteiger partial charge in [0.2, 0.25) is 0 Å². The zero-order valence-corrected chi connectivity index (χ0v) is 18.5. The fourth-order valence-corrected chi connectivity index (χ4v) is 4.36. The van der Waals surface area contributed by atoms with Gasteiger partial charge in [-0.2, -0.15) is 0 Å². The van der Waals surface area contributed by atoms with E-state index >= 15 is 0 Å². The molecule has 2 aromatic rings. The van der Waals surface area contributed by atoms with E-state index in [0.717, 1.165) is 18.5 Å². The molecular formula is C27H34N2. The third-order valence-electron chi connectivity index (χ3n) is 6.17. The van der Waals surface area contributed by atoms with Crippen molar-refractivity contribution in [2.75, 3.05) is 11.9 Å². The standard InChI is InChI=1S/C27H34N2/c1-7-10-24-18(5)19(6)29-27-17(4)15-20(8-2)25(26(24)27)23-13-11-22(12-14-23)21(9-3)16-28/h7,10-15,21,29H,6,8-9,16,28H2,1-5H3/b10-7-/t21-/m0/s1. The maximum Gasteiger partial charge on any atom is 0.0500 e. The van der Waals surface area contributed by atoms with Crippen molar-refractivity contribution >= 4 is 11.3 Å². The minimum atomic E-state index is 0.423. The molecule has 0 radical (unpaired) electrons. The lowest BCUT2D eigenvalue weighted by Crippen LogP contribution is -2.13. The lowest BCUT2D eigenvalue weighted by atomic mass is 9.82. The summed E-state index contributed by atoms with van der Waals surface area (Å²) in [5, 5.41) is 3.57. The van der Waals surface area contributed by atoms with Crippen molar-refractivity contribution in [1.29, 1.82) is 0 Å². The molecule has 0 fully saturated rings. The highest BCUT2D eigenvalue weighted by molar-refractivity contribution is 5.99. The number of hydrogen-bond acceptors (Lipinski definition) is 2. The molecule has 3 N–H and O–H groups in total. The smallest absolute Gasteiger partial charge is 0.0500 e. The van der Waals surface area contributed by atoms with Crippen molar-refractivity contribution in [1.82, 2.24) is 0 Å². The van der Waals surface area contributed by atoms with Crippen molar-refractivity contribution in [3.8, 4) is 11.1 Å². The van der Waals surface area contributed by atoms with Gasteiger partial charge in [0.25, 0.3) is 0 Å². The van der Waals surface area contributed by atoms with Crippen LogP contribution in [0.5, 0.6) is 0 Å². The quantitative estimate of drug-likeness (QED) is 0.563. The van der Waals surface area contributed by atoms with Gasteiger partial charge in [-0.15, -0.1) is 0 Å². The summed E-state index contributed by atoms with van der Waals surface area (Å²) in [4.78, 5) is 0. The summed E-state index contributed by atoms with van der Waals surface area (Å²) < 4.78 is 0. The molecule has 0 aliphatic carbocycles. The van der Waals surface area contributed by atoms with Crippen LogP contribution in [0.15, 0.2) is 60.3 Å². The molecule has 1 heterocycles. The van der Waals surface area contributed by atoms with Crippen molar-refractivity contribution in [3.63, 3.8) is 0 Å². The van der Waals surface area contributed by atoms with Crippen LogP contribution < -0.4 is 11.1 Å². The van der Waals surface area contributed by atoms with Crippen molar-refractivity contribution in [3.05, 3.63) is 82.6 Å². The predicted molar refractivity (Wildman–Crippen MR) is 128 cm³/mol. The van der Waals surface area contributed by atoms with Gasteiger partial charge in [0.1, 0.15) is 0 Å². The number of nitrogens with two attached hydrogens (primary N) is 1. The van der Waals surface area contributed by atoms with E-state index in [-0.39, 0.29) is 0 Å². The number of hydrogen-bond donors (Lipinski definition) is 2. The predicted octanol–water partition coefficient (Wildman–Crippen LogP) is 6.97. The fraction of sp³-hybridized carbons (Fsp3) is 0.333. The first-order chi connectivity index (χ1) is 14.0. The van der Waals surface area contributed by atoms with Crippen LogP contribution in [0.3, 0.4) is 0 Å². The first-order valence-corrected chi connectivity index (χ1v) is 10.7. The molecule has 2 nitrogen and oxygen atoms in total. The SMILES string of the molecule is C=C1Nc2c(C)cc(CC)c(-c3ccc([C@@H](CC)CN)cc3)c2C(/C=C\C)=C1C. The van der Waals surface area contributed by atoms with E-state index in [0.29, 0.717) is 12.5 Å². The highest BCUT2D eigenvalue weighted by atomic mass is 14.9. The molecule has 3 rings (SSSR count). The molecule has 2 heteroatoms. The molecule has 29 heavy (non-hydrogen) atoms. The Kier molecular flexibility index (Phi) is 6.44. The van der Waals surface area contributed by atoms with E-state index < -0.39 is 0 Å². The molecule has 0 saturated carbocycles. The molecule has 0 amide bonds. The molecule has 1 aliphatic heterocycles. The van der Waals surface area contributed by atoms with Gasteiger partial charge < -0.3 is 11.1 Å². The number of anilines is 1. The Hall–Kier alpha value is -2.58. The summed E-state index contributed by atoms with van der Waals surface area (Å²) >= 11 is 0. The lowest BCUT2D eigenvalue weighted by Gasteiger charge is -2.29. The lowest BCUT2D eigenvalue weighted by molar-refractivity contribution is 0.674. The molecule has 0 spiro atoms. The van der Waals surface area contributed by atoms with Crippen molar-refractivity contribution in [2.45, 2.75) is 53.4 Å².